The van der Waals surface area contributed by atoms with Crippen LogP contribution in [-0.2, 0) is 6.18 Å². The molecule has 0 bridgehead atoms. The Hall–Kier alpha value is -1.72. The van der Waals surface area contributed by atoms with Crippen LogP contribution in [0.4, 0.5) is 18.9 Å². The van der Waals surface area contributed by atoms with Gasteiger partial charge in [-0.25, -0.2) is 0 Å². The van der Waals surface area contributed by atoms with Gasteiger partial charge in [0.25, 0.3) is 5.91 Å². The number of nitrogens with one attached hydrogen (secondary N) is 1. The number of rotatable bonds is 6. The summed E-state index contributed by atoms with van der Waals surface area (Å²) >= 11 is 0. The molecule has 3 nitrogen and oxygen atoms in total. The summed E-state index contributed by atoms with van der Waals surface area (Å²) < 4.78 is 37.8. The second-order valence-electron chi connectivity index (χ2n) is 4.26. The van der Waals surface area contributed by atoms with E-state index >= 15 is 0 Å². The molecule has 0 saturated heterocycles. The lowest BCUT2D eigenvalue weighted by atomic mass is 10.1. The third-order valence-electron chi connectivity index (χ3n) is 2.71. The van der Waals surface area contributed by atoms with E-state index in [4.69, 9.17) is 5.73 Å². The highest BCUT2D eigenvalue weighted by atomic mass is 19.4. The van der Waals surface area contributed by atoms with Gasteiger partial charge in [0.15, 0.2) is 0 Å². The van der Waals surface area contributed by atoms with E-state index < -0.39 is 17.6 Å². The zero-order valence-electron chi connectivity index (χ0n) is 10.7. The number of hydrogen-bond donors (Lipinski definition) is 2. The van der Waals surface area contributed by atoms with Crippen molar-refractivity contribution in [2.75, 3.05) is 11.9 Å². The molecule has 106 valence electrons. The van der Waals surface area contributed by atoms with Crippen LogP contribution < -0.4 is 11.1 Å². The van der Waals surface area contributed by atoms with Crippen LogP contribution in [0.5, 0.6) is 0 Å². The summed E-state index contributed by atoms with van der Waals surface area (Å²) in [6.07, 6.45) is -1.63. The van der Waals surface area contributed by atoms with Crippen molar-refractivity contribution in [3.05, 3.63) is 29.3 Å². The Labute approximate surface area is 110 Å². The molecule has 1 amide bonds. The summed E-state index contributed by atoms with van der Waals surface area (Å²) in [5.41, 5.74) is 4.56. The fourth-order valence-electron chi connectivity index (χ4n) is 1.68. The Balaban J connectivity index is 2.93. The van der Waals surface area contributed by atoms with Gasteiger partial charge in [0.2, 0.25) is 0 Å². The van der Waals surface area contributed by atoms with Crippen LogP contribution in [0.25, 0.3) is 0 Å². The van der Waals surface area contributed by atoms with Crippen molar-refractivity contribution in [2.24, 2.45) is 5.73 Å². The Morgan fingerprint density at radius 2 is 2.00 bits per heavy atom. The summed E-state index contributed by atoms with van der Waals surface area (Å²) in [6, 6.07) is 2.89. The molecule has 0 fully saturated rings. The summed E-state index contributed by atoms with van der Waals surface area (Å²) in [5, 5.41) is 2.84. The van der Waals surface area contributed by atoms with E-state index in [1.807, 2.05) is 6.92 Å². The number of alkyl halides is 3. The molecule has 19 heavy (non-hydrogen) atoms. The monoisotopic (exact) mass is 274 g/mol. The maximum Gasteiger partial charge on any atom is 0.416 e. The Morgan fingerprint density at radius 1 is 1.32 bits per heavy atom. The van der Waals surface area contributed by atoms with Crippen LogP contribution in [0.1, 0.15) is 42.1 Å². The average molecular weight is 274 g/mol. The van der Waals surface area contributed by atoms with E-state index in [9.17, 15) is 18.0 Å². The molecule has 1 aromatic carbocycles. The number of halogens is 3. The molecule has 3 N–H and O–H groups in total. The van der Waals surface area contributed by atoms with Crippen molar-refractivity contribution < 1.29 is 18.0 Å². The Morgan fingerprint density at radius 3 is 2.53 bits per heavy atom. The summed E-state index contributed by atoms with van der Waals surface area (Å²) in [7, 11) is 0. The van der Waals surface area contributed by atoms with E-state index in [1.165, 1.54) is 0 Å². The first-order chi connectivity index (χ1) is 8.86. The molecule has 1 rings (SSSR count). The molecule has 0 aliphatic carbocycles. The lowest BCUT2D eigenvalue weighted by Gasteiger charge is -2.13. The lowest BCUT2D eigenvalue weighted by Crippen LogP contribution is -2.16. The maximum absolute atomic E-state index is 12.6. The number of carbonyl (C=O) groups is 1. The number of anilines is 1. The third-order valence-corrected chi connectivity index (χ3v) is 2.71. The van der Waals surface area contributed by atoms with Crippen LogP contribution >= 0.6 is 0 Å². The van der Waals surface area contributed by atoms with Gasteiger partial charge in [0, 0.05) is 12.2 Å². The second kappa shape index (κ2) is 6.45. The van der Waals surface area contributed by atoms with Crippen LogP contribution in [0.2, 0.25) is 0 Å². The molecule has 0 radical (unpaired) electrons. The first-order valence-corrected chi connectivity index (χ1v) is 6.11. The fraction of sp³-hybridized carbons (Fsp3) is 0.462. The normalized spacial score (nSPS) is 11.4. The summed E-state index contributed by atoms with van der Waals surface area (Å²) in [6.45, 7) is 2.54. The SMILES string of the molecule is CCCCCNc1cc(C(F)(F)F)ccc1C(N)=O. The highest BCUT2D eigenvalue weighted by Gasteiger charge is 2.31. The van der Waals surface area contributed by atoms with Gasteiger partial charge in [-0.05, 0) is 24.6 Å². The fourth-order valence-corrected chi connectivity index (χ4v) is 1.68. The predicted octanol–water partition coefficient (Wildman–Crippen LogP) is 3.41. The van der Waals surface area contributed by atoms with E-state index in [1.54, 1.807) is 0 Å². The largest absolute Gasteiger partial charge is 0.416 e. The van der Waals surface area contributed by atoms with Crippen molar-refractivity contribution >= 4 is 11.6 Å². The zero-order valence-corrected chi connectivity index (χ0v) is 10.7. The topological polar surface area (TPSA) is 55.1 Å². The maximum atomic E-state index is 12.6. The molecule has 0 aliphatic heterocycles. The molecular weight excluding hydrogens is 257 g/mol. The van der Waals surface area contributed by atoms with Gasteiger partial charge in [-0.1, -0.05) is 19.8 Å². The van der Waals surface area contributed by atoms with Crippen LogP contribution in [-0.4, -0.2) is 12.5 Å². The molecule has 0 saturated carbocycles. The molecular formula is C13H17F3N2O. The van der Waals surface area contributed by atoms with Crippen LogP contribution in [0, 0.1) is 0 Å². The van der Waals surface area contributed by atoms with Gasteiger partial charge >= 0.3 is 6.18 Å². The number of carbonyl (C=O) groups excluding carboxylic acids is 1. The molecule has 0 unspecified atom stereocenters. The number of amides is 1. The minimum absolute atomic E-state index is 0.0736. The highest BCUT2D eigenvalue weighted by Crippen LogP contribution is 2.32. The molecule has 0 atom stereocenters. The highest BCUT2D eigenvalue weighted by molar-refractivity contribution is 5.98. The molecule has 1 aromatic rings. The van der Waals surface area contributed by atoms with Crippen molar-refractivity contribution in [1.82, 2.24) is 0 Å². The number of hydrogen-bond acceptors (Lipinski definition) is 2. The number of primary amides is 1. The Bertz CT molecular complexity index is 444. The minimum atomic E-state index is -4.43. The molecule has 0 heterocycles. The quantitative estimate of drug-likeness (QED) is 0.781. The first-order valence-electron chi connectivity index (χ1n) is 6.11. The molecule has 6 heteroatoms. The minimum Gasteiger partial charge on any atom is -0.384 e. The van der Waals surface area contributed by atoms with Gasteiger partial charge in [-0.2, -0.15) is 13.2 Å². The predicted molar refractivity (Wildman–Crippen MR) is 68.0 cm³/mol. The second-order valence-corrected chi connectivity index (χ2v) is 4.26. The van der Waals surface area contributed by atoms with Gasteiger partial charge in [-0.3, -0.25) is 4.79 Å². The summed E-state index contributed by atoms with van der Waals surface area (Å²) in [5.74, 6) is -0.744. The van der Waals surface area contributed by atoms with Crippen molar-refractivity contribution in [2.45, 2.75) is 32.4 Å². The average Bonchev–Trinajstić information content (AvgIpc) is 2.33. The van der Waals surface area contributed by atoms with Crippen molar-refractivity contribution in [3.63, 3.8) is 0 Å². The number of benzene rings is 1. The molecule has 0 aliphatic rings. The van der Waals surface area contributed by atoms with Crippen molar-refractivity contribution in [1.29, 1.82) is 0 Å². The van der Waals surface area contributed by atoms with E-state index in [0.29, 0.717) is 6.54 Å². The van der Waals surface area contributed by atoms with E-state index in [2.05, 4.69) is 5.32 Å². The smallest absolute Gasteiger partial charge is 0.384 e. The molecule has 0 aromatic heterocycles. The first kappa shape index (κ1) is 15.3. The van der Waals surface area contributed by atoms with Gasteiger partial charge in [0.05, 0.1) is 11.1 Å². The van der Waals surface area contributed by atoms with Crippen LogP contribution in [0.15, 0.2) is 18.2 Å². The number of unbranched alkanes of at least 4 members (excludes halogenated alkanes) is 2. The third kappa shape index (κ3) is 4.46. The lowest BCUT2D eigenvalue weighted by molar-refractivity contribution is -0.137. The zero-order chi connectivity index (χ0) is 14.5. The standard InChI is InChI=1S/C13H17F3N2O/c1-2-3-4-7-18-11-8-9(13(14,15)16)5-6-10(11)12(17)19/h5-6,8,18H,2-4,7H2,1H3,(H2,17,19). The van der Waals surface area contributed by atoms with E-state index in [0.717, 1.165) is 37.5 Å². The Kier molecular flexibility index (Phi) is 5.20. The molecule has 0 spiro atoms. The van der Waals surface area contributed by atoms with Gasteiger partial charge in [-0.15, -0.1) is 0 Å². The van der Waals surface area contributed by atoms with E-state index in [-0.39, 0.29) is 11.3 Å². The van der Waals surface area contributed by atoms with Gasteiger partial charge in [0.1, 0.15) is 0 Å². The van der Waals surface area contributed by atoms with Gasteiger partial charge < -0.3 is 11.1 Å². The van der Waals surface area contributed by atoms with Crippen molar-refractivity contribution in [3.8, 4) is 0 Å². The summed E-state index contributed by atoms with van der Waals surface area (Å²) in [4.78, 5) is 11.2. The van der Waals surface area contributed by atoms with Crippen LogP contribution in [0.3, 0.4) is 0 Å². The number of nitrogens with two attached hydrogens (primary N) is 1.